The normalized spacial score (nSPS) is 13.7. The summed E-state index contributed by atoms with van der Waals surface area (Å²) in [6.45, 7) is 5.93. The molecule has 0 saturated heterocycles. The molecule has 5 heteroatoms. The molecule has 2 aromatic heterocycles. The van der Waals surface area contributed by atoms with Crippen molar-refractivity contribution in [2.24, 2.45) is 5.92 Å². The average Bonchev–Trinajstić information content (AvgIpc) is 3.38. The Hall–Kier alpha value is -1.71. The molecule has 1 aliphatic rings. The first-order valence-corrected chi connectivity index (χ1v) is 8.83. The van der Waals surface area contributed by atoms with Crippen LogP contribution in [0.15, 0.2) is 36.5 Å². The topological polar surface area (TPSA) is 27.1 Å². The quantitative estimate of drug-likeness (QED) is 0.569. The molecule has 0 spiro atoms. The molecule has 0 aliphatic heterocycles. The van der Waals surface area contributed by atoms with Crippen LogP contribution in [0.4, 0.5) is 0 Å². The van der Waals surface area contributed by atoms with Gasteiger partial charge in [0, 0.05) is 29.5 Å². The predicted octanol–water partition coefficient (Wildman–Crippen LogP) is 5.72. The first-order valence-electron chi connectivity index (χ1n) is 8.45. The monoisotopic (exact) mass is 376 g/mol. The van der Waals surface area contributed by atoms with Gasteiger partial charge in [0.2, 0.25) is 0 Å². The lowest BCUT2D eigenvalue weighted by atomic mass is 10.2. The minimum absolute atomic E-state index is 0. The minimum atomic E-state index is 0. The van der Waals surface area contributed by atoms with Gasteiger partial charge in [0.1, 0.15) is 17.9 Å². The fraction of sp³-hybridized carbons (Fsp3) is 0.350. The van der Waals surface area contributed by atoms with Crippen molar-refractivity contribution >= 4 is 35.0 Å². The molecule has 0 amide bonds. The van der Waals surface area contributed by atoms with Gasteiger partial charge in [-0.1, -0.05) is 23.7 Å². The van der Waals surface area contributed by atoms with Crippen LogP contribution in [0.25, 0.3) is 11.0 Å². The second kappa shape index (κ2) is 7.27. The number of fused-ring (bicyclic) bond motifs is 1. The van der Waals surface area contributed by atoms with Crippen molar-refractivity contribution in [2.45, 2.75) is 39.8 Å². The Bertz CT molecular complexity index is 883. The molecule has 1 aromatic carbocycles. The number of halogens is 2. The summed E-state index contributed by atoms with van der Waals surface area (Å²) in [6.07, 6.45) is 4.51. The largest absolute Gasteiger partial charge is 0.487 e. The number of pyridine rings is 1. The summed E-state index contributed by atoms with van der Waals surface area (Å²) in [5.74, 6) is 1.72. The van der Waals surface area contributed by atoms with Crippen LogP contribution < -0.4 is 4.74 Å². The summed E-state index contributed by atoms with van der Waals surface area (Å²) >= 11 is 5.95. The summed E-state index contributed by atoms with van der Waals surface area (Å²) in [6, 6.07) is 9.76. The molecule has 1 fully saturated rings. The second-order valence-corrected chi connectivity index (χ2v) is 7.12. The van der Waals surface area contributed by atoms with E-state index in [1.54, 1.807) is 0 Å². The number of ether oxygens (including phenoxy) is 1. The van der Waals surface area contributed by atoms with Crippen LogP contribution in [-0.2, 0) is 13.2 Å². The van der Waals surface area contributed by atoms with Crippen molar-refractivity contribution in [3.63, 3.8) is 0 Å². The van der Waals surface area contributed by atoms with Crippen molar-refractivity contribution in [1.29, 1.82) is 0 Å². The van der Waals surface area contributed by atoms with Crippen molar-refractivity contribution in [3.05, 3.63) is 58.4 Å². The third-order valence-corrected chi connectivity index (χ3v) is 5.16. The number of rotatable bonds is 5. The molecule has 0 radical (unpaired) electrons. The van der Waals surface area contributed by atoms with Crippen LogP contribution in [0.3, 0.4) is 0 Å². The van der Waals surface area contributed by atoms with Crippen LogP contribution in [0.1, 0.15) is 29.7 Å². The smallest absolute Gasteiger partial charge is 0.147 e. The van der Waals surface area contributed by atoms with Gasteiger partial charge in [-0.15, -0.1) is 12.4 Å². The van der Waals surface area contributed by atoms with E-state index in [1.165, 1.54) is 24.1 Å². The van der Waals surface area contributed by atoms with Crippen LogP contribution >= 0.6 is 24.0 Å². The molecule has 0 bridgehead atoms. The standard InChI is InChI=1S/C20H21ClN2O.ClH/c1-13-14(2)23(11-15-3-4-15)20-18(9-10-22-19(13)20)24-12-16-5-7-17(21)8-6-16;/h5-10,15H,3-4,11-12H2,1-2H3;1H. The summed E-state index contributed by atoms with van der Waals surface area (Å²) in [5, 5.41) is 0.745. The Balaban J connectivity index is 0.00000182. The molecule has 0 unspecified atom stereocenters. The summed E-state index contributed by atoms with van der Waals surface area (Å²) in [7, 11) is 0. The number of benzene rings is 1. The molecule has 4 rings (SSSR count). The number of hydrogen-bond acceptors (Lipinski definition) is 2. The molecule has 1 aliphatic carbocycles. The highest BCUT2D eigenvalue weighted by atomic mass is 35.5. The van der Waals surface area contributed by atoms with E-state index >= 15 is 0 Å². The zero-order valence-corrected chi connectivity index (χ0v) is 16.0. The van der Waals surface area contributed by atoms with E-state index in [0.29, 0.717) is 6.61 Å². The highest BCUT2D eigenvalue weighted by molar-refractivity contribution is 6.30. The maximum Gasteiger partial charge on any atom is 0.147 e. The molecular weight excluding hydrogens is 355 g/mol. The van der Waals surface area contributed by atoms with Crippen molar-refractivity contribution < 1.29 is 4.74 Å². The second-order valence-electron chi connectivity index (χ2n) is 6.69. The van der Waals surface area contributed by atoms with Gasteiger partial charge in [-0.2, -0.15) is 0 Å². The van der Waals surface area contributed by atoms with Crippen LogP contribution in [0, 0.1) is 19.8 Å². The van der Waals surface area contributed by atoms with Crippen molar-refractivity contribution in [2.75, 3.05) is 0 Å². The molecule has 2 heterocycles. The van der Waals surface area contributed by atoms with E-state index in [9.17, 15) is 0 Å². The average molecular weight is 377 g/mol. The molecule has 3 nitrogen and oxygen atoms in total. The van der Waals surface area contributed by atoms with Crippen LogP contribution in [0.5, 0.6) is 5.75 Å². The van der Waals surface area contributed by atoms with Gasteiger partial charge in [-0.3, -0.25) is 4.98 Å². The van der Waals surface area contributed by atoms with Gasteiger partial charge in [0.15, 0.2) is 0 Å². The van der Waals surface area contributed by atoms with E-state index in [1.807, 2.05) is 36.5 Å². The van der Waals surface area contributed by atoms with Crippen molar-refractivity contribution in [3.8, 4) is 5.75 Å². The highest BCUT2D eigenvalue weighted by Crippen LogP contribution is 2.36. The van der Waals surface area contributed by atoms with E-state index in [2.05, 4.69) is 23.4 Å². The number of aryl methyl sites for hydroxylation is 1. The summed E-state index contributed by atoms with van der Waals surface area (Å²) in [4.78, 5) is 4.60. The van der Waals surface area contributed by atoms with Gasteiger partial charge in [0.05, 0.1) is 5.52 Å². The lowest BCUT2D eigenvalue weighted by Gasteiger charge is -2.12. The lowest BCUT2D eigenvalue weighted by molar-refractivity contribution is 0.308. The predicted molar refractivity (Wildman–Crippen MR) is 105 cm³/mol. The maximum atomic E-state index is 6.15. The molecule has 132 valence electrons. The molecule has 3 aromatic rings. The fourth-order valence-corrected chi connectivity index (χ4v) is 3.28. The van der Waals surface area contributed by atoms with E-state index in [4.69, 9.17) is 16.3 Å². The molecule has 25 heavy (non-hydrogen) atoms. The zero-order chi connectivity index (χ0) is 16.7. The van der Waals surface area contributed by atoms with Crippen molar-refractivity contribution in [1.82, 2.24) is 9.55 Å². The first kappa shape index (κ1) is 18.1. The van der Waals surface area contributed by atoms with Crippen LogP contribution in [-0.4, -0.2) is 9.55 Å². The third-order valence-electron chi connectivity index (χ3n) is 4.91. The lowest BCUT2D eigenvalue weighted by Crippen LogP contribution is -2.04. The summed E-state index contributed by atoms with van der Waals surface area (Å²) in [5.41, 5.74) is 5.85. The molecule has 0 N–H and O–H groups in total. The molecule has 1 saturated carbocycles. The van der Waals surface area contributed by atoms with Gasteiger partial charge >= 0.3 is 0 Å². The third kappa shape index (κ3) is 3.63. The van der Waals surface area contributed by atoms with E-state index in [0.717, 1.165) is 39.8 Å². The SMILES string of the molecule is Cc1c(C)n(CC2CC2)c2c(OCc3ccc(Cl)cc3)ccnc12.Cl. The Kier molecular flexibility index (Phi) is 5.26. The van der Waals surface area contributed by atoms with Gasteiger partial charge in [-0.05, 0) is 55.9 Å². The van der Waals surface area contributed by atoms with Gasteiger partial charge < -0.3 is 9.30 Å². The molecule has 0 atom stereocenters. The zero-order valence-electron chi connectivity index (χ0n) is 14.5. The summed E-state index contributed by atoms with van der Waals surface area (Å²) < 4.78 is 8.55. The van der Waals surface area contributed by atoms with Gasteiger partial charge in [-0.25, -0.2) is 0 Å². The molecular formula is C20H22Cl2N2O. The number of aromatic nitrogens is 2. The Morgan fingerprint density at radius 2 is 1.88 bits per heavy atom. The van der Waals surface area contributed by atoms with E-state index in [-0.39, 0.29) is 12.4 Å². The maximum absolute atomic E-state index is 6.15. The Morgan fingerprint density at radius 3 is 2.56 bits per heavy atom. The van der Waals surface area contributed by atoms with E-state index < -0.39 is 0 Å². The minimum Gasteiger partial charge on any atom is -0.487 e. The highest BCUT2D eigenvalue weighted by Gasteiger charge is 2.25. The fourth-order valence-electron chi connectivity index (χ4n) is 3.16. The number of nitrogens with zero attached hydrogens (tertiary/aromatic N) is 2. The Labute approximate surface area is 159 Å². The number of hydrogen-bond donors (Lipinski definition) is 0. The Morgan fingerprint density at radius 1 is 1.16 bits per heavy atom. The first-order chi connectivity index (χ1) is 11.6. The van der Waals surface area contributed by atoms with Crippen LogP contribution in [0.2, 0.25) is 5.02 Å². The van der Waals surface area contributed by atoms with Gasteiger partial charge in [0.25, 0.3) is 0 Å².